The largest absolute Gasteiger partial charge is 0.478 e. The third-order valence-electron chi connectivity index (χ3n) is 4.08. The molecule has 0 bridgehead atoms. The zero-order valence-electron chi connectivity index (χ0n) is 12.4. The van der Waals surface area contributed by atoms with E-state index in [-0.39, 0.29) is 30.3 Å². The normalized spacial score (nSPS) is 23.2. The molecule has 2 heterocycles. The summed E-state index contributed by atoms with van der Waals surface area (Å²) in [7, 11) is 0. The fraction of sp³-hybridized carbons (Fsp3) is 0.467. The molecule has 3 rings (SSSR count). The van der Waals surface area contributed by atoms with Crippen LogP contribution in [0.25, 0.3) is 0 Å². The van der Waals surface area contributed by atoms with Crippen molar-refractivity contribution in [3.05, 3.63) is 23.8 Å². The van der Waals surface area contributed by atoms with Gasteiger partial charge in [0, 0.05) is 19.1 Å². The first kappa shape index (κ1) is 16.6. The molecule has 1 fully saturated rings. The predicted molar refractivity (Wildman–Crippen MR) is 85.5 cm³/mol. The van der Waals surface area contributed by atoms with Gasteiger partial charge in [-0.25, -0.2) is 0 Å². The number of fused-ring (bicyclic) bond motifs is 1. The maximum Gasteiger partial charge on any atom is 0.265 e. The summed E-state index contributed by atoms with van der Waals surface area (Å²) in [5, 5.41) is 2.76. The minimum Gasteiger partial charge on any atom is -0.478 e. The number of carbonyl (C=O) groups is 2. The Morgan fingerprint density at radius 2 is 2.27 bits per heavy atom. The number of nitrogens with zero attached hydrogens (tertiary/aromatic N) is 1. The van der Waals surface area contributed by atoms with Crippen molar-refractivity contribution >= 4 is 29.9 Å². The minimum absolute atomic E-state index is 0. The first-order chi connectivity index (χ1) is 10.1. The summed E-state index contributed by atoms with van der Waals surface area (Å²) < 4.78 is 5.63. The zero-order valence-corrected chi connectivity index (χ0v) is 13.2. The van der Waals surface area contributed by atoms with Gasteiger partial charge < -0.3 is 20.7 Å². The van der Waals surface area contributed by atoms with Crippen LogP contribution in [0, 0.1) is 0 Å². The lowest BCUT2D eigenvalue weighted by Crippen LogP contribution is -2.41. The molecule has 0 spiro atoms. The van der Waals surface area contributed by atoms with E-state index in [2.05, 4.69) is 5.32 Å². The number of nitrogens with two attached hydrogens (primary N) is 1. The van der Waals surface area contributed by atoms with Gasteiger partial charge in [0.25, 0.3) is 11.8 Å². The van der Waals surface area contributed by atoms with Crippen molar-refractivity contribution in [2.24, 2.45) is 5.73 Å². The maximum atomic E-state index is 12.8. The molecule has 3 N–H and O–H groups in total. The fourth-order valence-electron chi connectivity index (χ4n) is 2.90. The minimum atomic E-state index is -0.602. The molecule has 2 atom stereocenters. The Morgan fingerprint density at radius 1 is 1.50 bits per heavy atom. The SMILES string of the molecule is CC1Oc2c(cccc2C(=O)N2CCCC2CN)NC1=O.Cl. The lowest BCUT2D eigenvalue weighted by atomic mass is 10.1. The van der Waals surface area contributed by atoms with Gasteiger partial charge in [0.2, 0.25) is 0 Å². The molecule has 6 nitrogen and oxygen atoms in total. The fourth-order valence-corrected chi connectivity index (χ4v) is 2.90. The van der Waals surface area contributed by atoms with E-state index in [4.69, 9.17) is 10.5 Å². The Morgan fingerprint density at radius 3 is 3.00 bits per heavy atom. The Hall–Kier alpha value is -1.79. The van der Waals surface area contributed by atoms with E-state index in [1.165, 1.54) is 0 Å². The average Bonchev–Trinajstić information content (AvgIpc) is 2.95. The van der Waals surface area contributed by atoms with E-state index in [9.17, 15) is 9.59 Å². The van der Waals surface area contributed by atoms with E-state index < -0.39 is 6.10 Å². The third kappa shape index (κ3) is 2.76. The van der Waals surface area contributed by atoms with Crippen LogP contribution in [0.2, 0.25) is 0 Å². The predicted octanol–water partition coefficient (Wildman–Crippen LogP) is 1.39. The van der Waals surface area contributed by atoms with Gasteiger partial charge >= 0.3 is 0 Å². The van der Waals surface area contributed by atoms with Crippen molar-refractivity contribution in [1.82, 2.24) is 4.90 Å². The molecule has 120 valence electrons. The van der Waals surface area contributed by atoms with Crippen LogP contribution in [0.5, 0.6) is 5.75 Å². The number of rotatable bonds is 2. The van der Waals surface area contributed by atoms with Gasteiger partial charge in [-0.1, -0.05) is 6.07 Å². The molecular weight excluding hydrogens is 306 g/mol. The smallest absolute Gasteiger partial charge is 0.265 e. The molecule has 7 heteroatoms. The van der Waals surface area contributed by atoms with Crippen LogP contribution in [0.3, 0.4) is 0 Å². The summed E-state index contributed by atoms with van der Waals surface area (Å²) in [6, 6.07) is 5.31. The number of nitrogens with one attached hydrogen (secondary N) is 1. The Bertz CT molecular complexity index is 593. The highest BCUT2D eigenvalue weighted by molar-refractivity contribution is 6.04. The van der Waals surface area contributed by atoms with Crippen molar-refractivity contribution in [1.29, 1.82) is 0 Å². The second kappa shape index (κ2) is 6.54. The maximum absolute atomic E-state index is 12.8. The summed E-state index contributed by atoms with van der Waals surface area (Å²) in [5.74, 6) is 0.175. The lowest BCUT2D eigenvalue weighted by molar-refractivity contribution is -0.122. The molecule has 2 amide bonds. The van der Waals surface area contributed by atoms with Crippen molar-refractivity contribution in [2.75, 3.05) is 18.4 Å². The van der Waals surface area contributed by atoms with Crippen LogP contribution in [0.15, 0.2) is 18.2 Å². The van der Waals surface area contributed by atoms with E-state index in [0.29, 0.717) is 30.1 Å². The lowest BCUT2D eigenvalue weighted by Gasteiger charge is -2.28. The zero-order chi connectivity index (χ0) is 15.0. The van der Waals surface area contributed by atoms with Gasteiger partial charge in [0.1, 0.15) is 0 Å². The Balaban J connectivity index is 0.00000176. The van der Waals surface area contributed by atoms with Crippen molar-refractivity contribution < 1.29 is 14.3 Å². The van der Waals surface area contributed by atoms with Crippen molar-refractivity contribution in [3.63, 3.8) is 0 Å². The van der Waals surface area contributed by atoms with Gasteiger partial charge in [-0.05, 0) is 31.9 Å². The number of likely N-dealkylation sites (tertiary alicyclic amines) is 1. The van der Waals surface area contributed by atoms with Gasteiger partial charge in [-0.2, -0.15) is 0 Å². The number of carbonyl (C=O) groups excluding carboxylic acids is 2. The number of hydrogen-bond acceptors (Lipinski definition) is 4. The van der Waals surface area contributed by atoms with E-state index in [1.54, 1.807) is 30.0 Å². The molecule has 1 aromatic carbocycles. The molecule has 2 aliphatic rings. The highest BCUT2D eigenvalue weighted by Gasteiger charge is 2.33. The van der Waals surface area contributed by atoms with Gasteiger partial charge in [0.05, 0.1) is 11.3 Å². The molecule has 0 aliphatic carbocycles. The quantitative estimate of drug-likeness (QED) is 0.860. The third-order valence-corrected chi connectivity index (χ3v) is 4.08. The summed E-state index contributed by atoms with van der Waals surface area (Å²) in [5.41, 5.74) is 6.77. The first-order valence-electron chi connectivity index (χ1n) is 7.23. The molecular formula is C15H20ClN3O3. The molecule has 2 unspecified atom stereocenters. The standard InChI is InChI=1S/C15H19N3O3.ClH/c1-9-14(19)17-12-6-2-5-11(13(12)21-9)15(20)18-7-3-4-10(18)8-16;/h2,5-6,9-10H,3-4,7-8,16H2,1H3,(H,17,19);1H. The summed E-state index contributed by atoms with van der Waals surface area (Å²) in [4.78, 5) is 26.2. The monoisotopic (exact) mass is 325 g/mol. The highest BCUT2D eigenvalue weighted by Crippen LogP contribution is 2.35. The number of amides is 2. The molecule has 1 aromatic rings. The second-order valence-corrected chi connectivity index (χ2v) is 5.46. The van der Waals surface area contributed by atoms with Crippen LogP contribution in [0.4, 0.5) is 5.69 Å². The molecule has 1 saturated heterocycles. The van der Waals surface area contributed by atoms with Crippen LogP contribution in [0.1, 0.15) is 30.1 Å². The highest BCUT2D eigenvalue weighted by atomic mass is 35.5. The topological polar surface area (TPSA) is 84.7 Å². The summed E-state index contributed by atoms with van der Waals surface area (Å²) >= 11 is 0. The summed E-state index contributed by atoms with van der Waals surface area (Å²) in [6.45, 7) is 2.85. The number of halogens is 1. The van der Waals surface area contributed by atoms with E-state index >= 15 is 0 Å². The first-order valence-corrected chi connectivity index (χ1v) is 7.23. The molecule has 0 aromatic heterocycles. The van der Waals surface area contributed by atoms with E-state index in [1.807, 2.05) is 0 Å². The molecule has 0 saturated carbocycles. The van der Waals surface area contributed by atoms with Crippen LogP contribution in [-0.4, -0.2) is 41.9 Å². The molecule has 22 heavy (non-hydrogen) atoms. The average molecular weight is 326 g/mol. The van der Waals surface area contributed by atoms with Crippen LogP contribution in [-0.2, 0) is 4.79 Å². The number of anilines is 1. The van der Waals surface area contributed by atoms with Crippen molar-refractivity contribution in [3.8, 4) is 5.75 Å². The van der Waals surface area contributed by atoms with Gasteiger partial charge in [-0.3, -0.25) is 9.59 Å². The number of ether oxygens (including phenoxy) is 1. The van der Waals surface area contributed by atoms with Gasteiger partial charge in [-0.15, -0.1) is 12.4 Å². The Labute approximate surface area is 135 Å². The Kier molecular flexibility index (Phi) is 4.93. The summed E-state index contributed by atoms with van der Waals surface area (Å²) in [6.07, 6.45) is 1.30. The number of benzene rings is 1. The molecule has 0 radical (unpaired) electrons. The van der Waals surface area contributed by atoms with Crippen molar-refractivity contribution in [2.45, 2.75) is 31.9 Å². The van der Waals surface area contributed by atoms with Crippen LogP contribution < -0.4 is 15.8 Å². The second-order valence-electron chi connectivity index (χ2n) is 5.46. The van der Waals surface area contributed by atoms with Gasteiger partial charge in [0.15, 0.2) is 11.9 Å². The van der Waals surface area contributed by atoms with E-state index in [0.717, 1.165) is 12.8 Å². The number of hydrogen-bond donors (Lipinski definition) is 2. The number of para-hydroxylation sites is 1. The van der Waals surface area contributed by atoms with Crippen LogP contribution >= 0.6 is 12.4 Å². The molecule has 2 aliphatic heterocycles.